The van der Waals surface area contributed by atoms with Gasteiger partial charge < -0.3 is 19.9 Å². The van der Waals surface area contributed by atoms with Crippen molar-refractivity contribution in [1.29, 1.82) is 0 Å². The van der Waals surface area contributed by atoms with Crippen LogP contribution in [0.2, 0.25) is 0 Å². The smallest absolute Gasteiger partial charge is 0.316 e. The van der Waals surface area contributed by atoms with Gasteiger partial charge in [-0.2, -0.15) is 15.0 Å². The molecule has 1 aromatic carbocycles. The number of amides is 2. The summed E-state index contributed by atoms with van der Waals surface area (Å²) in [5.41, 5.74) is 0.410. The number of carbonyl (C=O) groups excluding carboxylic acids is 2. The molecular formula is C21H31N7O3. The highest BCUT2D eigenvalue weighted by Crippen LogP contribution is 2.23. The number of anilines is 4. The van der Waals surface area contributed by atoms with Crippen LogP contribution in [-0.4, -0.2) is 59.6 Å². The van der Waals surface area contributed by atoms with Crippen LogP contribution in [0.15, 0.2) is 24.3 Å². The van der Waals surface area contributed by atoms with Crippen LogP contribution in [0.25, 0.3) is 0 Å². The minimum absolute atomic E-state index is 0.0250. The van der Waals surface area contributed by atoms with Gasteiger partial charge in [-0.25, -0.2) is 0 Å². The Labute approximate surface area is 183 Å². The van der Waals surface area contributed by atoms with Crippen molar-refractivity contribution in [2.45, 2.75) is 34.6 Å². The fraction of sp³-hybridized carbons (Fsp3) is 0.476. The van der Waals surface area contributed by atoms with Crippen LogP contribution >= 0.6 is 0 Å². The van der Waals surface area contributed by atoms with Crippen LogP contribution in [0.3, 0.4) is 0 Å². The Morgan fingerprint density at radius 2 is 1.32 bits per heavy atom. The van der Waals surface area contributed by atoms with Crippen LogP contribution in [0.1, 0.15) is 34.6 Å². The third-order valence-electron chi connectivity index (χ3n) is 4.57. The molecule has 0 atom stereocenters. The van der Waals surface area contributed by atoms with E-state index in [0.717, 1.165) is 0 Å². The summed E-state index contributed by atoms with van der Waals surface area (Å²) in [7, 11) is 0. The van der Waals surface area contributed by atoms with Crippen molar-refractivity contribution in [3.05, 3.63) is 24.3 Å². The minimum atomic E-state index is -0.881. The SMILES string of the molecule is CCOc1ccccc1NC(=O)C(=O)Nc1nc(N(CC)CC)nc(N(CC)CC)n1. The van der Waals surface area contributed by atoms with Gasteiger partial charge in [0.25, 0.3) is 0 Å². The maximum absolute atomic E-state index is 12.5. The summed E-state index contributed by atoms with van der Waals surface area (Å²) >= 11 is 0. The van der Waals surface area contributed by atoms with Gasteiger partial charge in [-0.05, 0) is 46.8 Å². The molecule has 2 aromatic rings. The van der Waals surface area contributed by atoms with E-state index in [9.17, 15) is 9.59 Å². The molecule has 2 amide bonds. The summed E-state index contributed by atoms with van der Waals surface area (Å²) in [4.78, 5) is 42.1. The summed E-state index contributed by atoms with van der Waals surface area (Å²) in [6.45, 7) is 13.0. The van der Waals surface area contributed by atoms with E-state index in [1.807, 2.05) is 44.4 Å². The molecule has 10 nitrogen and oxygen atoms in total. The molecule has 1 heterocycles. The number of benzene rings is 1. The van der Waals surface area contributed by atoms with E-state index in [4.69, 9.17) is 4.74 Å². The molecule has 31 heavy (non-hydrogen) atoms. The van der Waals surface area contributed by atoms with E-state index in [1.54, 1.807) is 24.3 Å². The summed E-state index contributed by atoms with van der Waals surface area (Å²) in [6, 6.07) is 6.91. The average molecular weight is 430 g/mol. The molecule has 0 saturated carbocycles. The second kappa shape index (κ2) is 11.7. The molecule has 0 fully saturated rings. The monoisotopic (exact) mass is 429 g/mol. The van der Waals surface area contributed by atoms with Crippen molar-refractivity contribution in [3.63, 3.8) is 0 Å². The van der Waals surface area contributed by atoms with Crippen LogP contribution in [-0.2, 0) is 9.59 Å². The van der Waals surface area contributed by atoms with Gasteiger partial charge in [0.05, 0.1) is 12.3 Å². The van der Waals surface area contributed by atoms with Gasteiger partial charge in [-0.15, -0.1) is 0 Å². The maximum Gasteiger partial charge on any atom is 0.316 e. The Kier molecular flexibility index (Phi) is 8.98. The second-order valence-corrected chi connectivity index (χ2v) is 6.44. The lowest BCUT2D eigenvalue weighted by Gasteiger charge is -2.23. The lowest BCUT2D eigenvalue weighted by atomic mass is 10.3. The first-order valence-electron chi connectivity index (χ1n) is 10.6. The number of para-hydroxylation sites is 2. The second-order valence-electron chi connectivity index (χ2n) is 6.44. The standard InChI is InChI=1S/C21H31N7O3/c1-6-27(7-2)20-24-19(25-21(26-20)28(8-3)9-4)23-18(30)17(29)22-15-13-11-12-14-16(15)31-10-5/h11-14H,6-10H2,1-5H3,(H,22,29)(H,23,24,25,26,30). The van der Waals surface area contributed by atoms with Gasteiger partial charge in [0, 0.05) is 26.2 Å². The maximum atomic E-state index is 12.5. The molecule has 0 aliphatic rings. The molecule has 0 bridgehead atoms. The zero-order valence-electron chi connectivity index (χ0n) is 18.8. The minimum Gasteiger partial charge on any atom is -0.492 e. The first-order chi connectivity index (χ1) is 15.0. The average Bonchev–Trinajstić information content (AvgIpc) is 2.77. The molecule has 0 saturated heterocycles. The van der Waals surface area contributed by atoms with Crippen molar-refractivity contribution in [3.8, 4) is 5.75 Å². The van der Waals surface area contributed by atoms with Gasteiger partial charge in [-0.1, -0.05) is 12.1 Å². The highest BCUT2D eigenvalue weighted by Gasteiger charge is 2.20. The quantitative estimate of drug-likeness (QED) is 0.554. The lowest BCUT2D eigenvalue weighted by molar-refractivity contribution is -0.133. The van der Waals surface area contributed by atoms with E-state index in [0.29, 0.717) is 56.1 Å². The number of carbonyl (C=O) groups is 2. The Morgan fingerprint density at radius 3 is 1.84 bits per heavy atom. The summed E-state index contributed by atoms with van der Waals surface area (Å²) in [5.74, 6) is -0.329. The van der Waals surface area contributed by atoms with Gasteiger partial charge in [-0.3, -0.25) is 14.9 Å². The molecule has 0 spiro atoms. The van der Waals surface area contributed by atoms with Crippen LogP contribution in [0.4, 0.5) is 23.5 Å². The number of nitrogens with one attached hydrogen (secondary N) is 2. The zero-order chi connectivity index (χ0) is 22.8. The molecule has 10 heteroatoms. The summed E-state index contributed by atoms with van der Waals surface area (Å²) in [5, 5.41) is 5.06. The third kappa shape index (κ3) is 6.27. The third-order valence-corrected chi connectivity index (χ3v) is 4.57. The van der Waals surface area contributed by atoms with Crippen molar-refractivity contribution in [2.24, 2.45) is 0 Å². The van der Waals surface area contributed by atoms with Gasteiger partial charge in [0.1, 0.15) is 5.75 Å². The van der Waals surface area contributed by atoms with Gasteiger partial charge in [0.2, 0.25) is 17.8 Å². The normalized spacial score (nSPS) is 10.4. The predicted octanol–water partition coefficient (Wildman–Crippen LogP) is 2.54. The van der Waals surface area contributed by atoms with Crippen molar-refractivity contribution < 1.29 is 14.3 Å². The summed E-state index contributed by atoms with van der Waals surface area (Å²) < 4.78 is 5.48. The number of hydrogen-bond donors (Lipinski definition) is 2. The van der Waals surface area contributed by atoms with Crippen LogP contribution < -0.4 is 25.2 Å². The molecule has 0 aliphatic heterocycles. The highest BCUT2D eigenvalue weighted by atomic mass is 16.5. The molecule has 0 radical (unpaired) electrons. The van der Waals surface area contributed by atoms with E-state index in [-0.39, 0.29) is 5.95 Å². The molecule has 2 rings (SSSR count). The van der Waals surface area contributed by atoms with E-state index in [2.05, 4.69) is 25.6 Å². The van der Waals surface area contributed by atoms with Crippen molar-refractivity contribution in [1.82, 2.24) is 15.0 Å². The first kappa shape index (κ1) is 23.8. The van der Waals surface area contributed by atoms with Crippen LogP contribution in [0, 0.1) is 0 Å². The lowest BCUT2D eigenvalue weighted by Crippen LogP contribution is -2.32. The number of rotatable bonds is 10. The van der Waals surface area contributed by atoms with Gasteiger partial charge >= 0.3 is 11.8 Å². The topological polar surface area (TPSA) is 113 Å². The fourth-order valence-corrected chi connectivity index (χ4v) is 2.89. The molecule has 0 aliphatic carbocycles. The molecular weight excluding hydrogens is 398 g/mol. The molecule has 0 unspecified atom stereocenters. The van der Waals surface area contributed by atoms with E-state index < -0.39 is 11.8 Å². The van der Waals surface area contributed by atoms with Crippen molar-refractivity contribution >= 4 is 35.3 Å². The zero-order valence-corrected chi connectivity index (χ0v) is 18.8. The largest absolute Gasteiger partial charge is 0.492 e. The van der Waals surface area contributed by atoms with E-state index >= 15 is 0 Å². The Balaban J connectivity index is 2.25. The highest BCUT2D eigenvalue weighted by molar-refractivity contribution is 6.43. The Hall–Kier alpha value is -3.43. The number of nitrogens with zero attached hydrogens (tertiary/aromatic N) is 5. The fourth-order valence-electron chi connectivity index (χ4n) is 2.89. The first-order valence-corrected chi connectivity index (χ1v) is 10.6. The Bertz CT molecular complexity index is 853. The number of aromatic nitrogens is 3. The molecule has 168 valence electrons. The molecule has 1 aromatic heterocycles. The number of ether oxygens (including phenoxy) is 1. The van der Waals surface area contributed by atoms with Crippen molar-refractivity contribution in [2.75, 3.05) is 53.2 Å². The Morgan fingerprint density at radius 1 is 0.806 bits per heavy atom. The van der Waals surface area contributed by atoms with E-state index in [1.165, 1.54) is 0 Å². The predicted molar refractivity (Wildman–Crippen MR) is 122 cm³/mol. The van der Waals surface area contributed by atoms with Gasteiger partial charge in [0.15, 0.2) is 0 Å². The van der Waals surface area contributed by atoms with Crippen LogP contribution in [0.5, 0.6) is 5.75 Å². The molecule has 2 N–H and O–H groups in total. The summed E-state index contributed by atoms with van der Waals surface area (Å²) in [6.07, 6.45) is 0. The number of hydrogen-bond acceptors (Lipinski definition) is 8.